The van der Waals surface area contributed by atoms with E-state index in [0.717, 1.165) is 11.1 Å². The highest BCUT2D eigenvalue weighted by Crippen LogP contribution is 2.35. The number of carboxylic acids is 1. The van der Waals surface area contributed by atoms with Crippen LogP contribution in [-0.2, 0) is 9.59 Å². The lowest BCUT2D eigenvalue weighted by Crippen LogP contribution is -2.34. The van der Waals surface area contributed by atoms with Gasteiger partial charge >= 0.3 is 5.97 Å². The van der Waals surface area contributed by atoms with Crippen LogP contribution < -0.4 is 0 Å². The molecular weight excluding hydrogens is 314 g/mol. The molecule has 130 valence electrons. The zero-order valence-corrected chi connectivity index (χ0v) is 14.3. The van der Waals surface area contributed by atoms with Gasteiger partial charge in [-0.3, -0.25) is 9.59 Å². The minimum absolute atomic E-state index is 0.0263. The van der Waals surface area contributed by atoms with E-state index < -0.39 is 11.9 Å². The number of carbonyl (C=O) groups is 2. The van der Waals surface area contributed by atoms with Crippen molar-refractivity contribution in [3.05, 3.63) is 71.8 Å². The Bertz CT molecular complexity index is 729. The van der Waals surface area contributed by atoms with Crippen molar-refractivity contribution in [1.82, 2.24) is 4.90 Å². The van der Waals surface area contributed by atoms with E-state index in [1.54, 1.807) is 4.90 Å². The fourth-order valence-electron chi connectivity index (χ4n) is 3.73. The van der Waals surface area contributed by atoms with Crippen molar-refractivity contribution >= 4 is 11.9 Å². The highest BCUT2D eigenvalue weighted by atomic mass is 16.4. The standard InChI is InChI=1S/C21H23NO3/c1-2-17(15-9-5-3-6-10-15)20(23)22-13-18(19(14-22)21(24)25)16-11-7-4-8-12-16/h3-12,17-19H,2,13-14H2,1H3,(H,24,25)/t17?,18-,19-/m0/s1. The average molecular weight is 337 g/mol. The van der Waals surface area contributed by atoms with Gasteiger partial charge in [0.05, 0.1) is 11.8 Å². The molecular formula is C21H23NO3. The van der Waals surface area contributed by atoms with Gasteiger partial charge in [-0.25, -0.2) is 0 Å². The third-order valence-corrected chi connectivity index (χ3v) is 5.08. The van der Waals surface area contributed by atoms with Gasteiger partial charge in [0, 0.05) is 19.0 Å². The van der Waals surface area contributed by atoms with Gasteiger partial charge in [0.15, 0.2) is 0 Å². The predicted octanol–water partition coefficient (Wildman–Crippen LogP) is 3.51. The lowest BCUT2D eigenvalue weighted by molar-refractivity contribution is -0.142. The molecule has 0 aliphatic carbocycles. The van der Waals surface area contributed by atoms with Gasteiger partial charge in [-0.05, 0) is 17.5 Å². The first-order chi connectivity index (χ1) is 12.1. The van der Waals surface area contributed by atoms with E-state index >= 15 is 0 Å². The Morgan fingerprint density at radius 2 is 1.64 bits per heavy atom. The third kappa shape index (κ3) is 3.58. The van der Waals surface area contributed by atoms with Crippen molar-refractivity contribution in [2.24, 2.45) is 5.92 Å². The molecule has 1 aliphatic rings. The minimum atomic E-state index is -0.836. The van der Waals surface area contributed by atoms with Gasteiger partial charge in [0.1, 0.15) is 0 Å². The summed E-state index contributed by atoms with van der Waals surface area (Å²) in [6, 6.07) is 19.4. The Labute approximate surface area is 148 Å². The summed E-state index contributed by atoms with van der Waals surface area (Å²) in [5, 5.41) is 9.62. The van der Waals surface area contributed by atoms with Crippen molar-refractivity contribution in [3.8, 4) is 0 Å². The molecule has 1 aliphatic heterocycles. The summed E-state index contributed by atoms with van der Waals surface area (Å²) in [6.07, 6.45) is 0.701. The van der Waals surface area contributed by atoms with Crippen molar-refractivity contribution in [1.29, 1.82) is 0 Å². The van der Waals surface area contributed by atoms with E-state index in [1.165, 1.54) is 0 Å². The smallest absolute Gasteiger partial charge is 0.308 e. The molecule has 0 spiro atoms. The third-order valence-electron chi connectivity index (χ3n) is 5.08. The summed E-state index contributed by atoms with van der Waals surface area (Å²) in [7, 11) is 0. The van der Waals surface area contributed by atoms with E-state index in [2.05, 4.69) is 0 Å². The van der Waals surface area contributed by atoms with Gasteiger partial charge in [-0.2, -0.15) is 0 Å². The van der Waals surface area contributed by atoms with Crippen LogP contribution in [-0.4, -0.2) is 35.0 Å². The highest BCUT2D eigenvalue weighted by Gasteiger charge is 2.41. The van der Waals surface area contributed by atoms with Gasteiger partial charge in [0.25, 0.3) is 0 Å². The van der Waals surface area contributed by atoms with E-state index in [4.69, 9.17) is 0 Å². The first-order valence-corrected chi connectivity index (χ1v) is 8.73. The fraction of sp³-hybridized carbons (Fsp3) is 0.333. The molecule has 1 unspecified atom stereocenters. The van der Waals surface area contributed by atoms with Gasteiger partial charge in [-0.1, -0.05) is 67.6 Å². The second-order valence-electron chi connectivity index (χ2n) is 6.58. The number of likely N-dealkylation sites (tertiary alicyclic amines) is 1. The molecule has 0 bridgehead atoms. The maximum Gasteiger partial charge on any atom is 0.308 e. The number of amides is 1. The van der Waals surface area contributed by atoms with E-state index in [1.807, 2.05) is 67.6 Å². The number of hydrogen-bond donors (Lipinski definition) is 1. The molecule has 0 radical (unpaired) electrons. The topological polar surface area (TPSA) is 57.6 Å². The summed E-state index contributed by atoms with van der Waals surface area (Å²) in [5.74, 6) is -1.74. The number of benzene rings is 2. The minimum Gasteiger partial charge on any atom is -0.481 e. The Kier molecular flexibility index (Phi) is 5.17. The first-order valence-electron chi connectivity index (χ1n) is 8.73. The average Bonchev–Trinajstić information content (AvgIpc) is 3.10. The molecule has 25 heavy (non-hydrogen) atoms. The number of aliphatic carboxylic acids is 1. The van der Waals surface area contributed by atoms with Crippen LogP contribution >= 0.6 is 0 Å². The van der Waals surface area contributed by atoms with Crippen LogP contribution in [0.2, 0.25) is 0 Å². The van der Waals surface area contributed by atoms with Crippen molar-refractivity contribution < 1.29 is 14.7 Å². The molecule has 3 rings (SSSR count). The van der Waals surface area contributed by atoms with Crippen molar-refractivity contribution in [3.63, 3.8) is 0 Å². The molecule has 4 nitrogen and oxygen atoms in total. The van der Waals surface area contributed by atoms with Crippen LogP contribution in [0, 0.1) is 5.92 Å². The van der Waals surface area contributed by atoms with Gasteiger partial charge in [0.2, 0.25) is 5.91 Å². The van der Waals surface area contributed by atoms with Crippen LogP contribution in [0.25, 0.3) is 0 Å². The molecule has 0 aromatic heterocycles. The Hall–Kier alpha value is -2.62. The molecule has 2 aromatic rings. The van der Waals surface area contributed by atoms with Gasteiger partial charge < -0.3 is 10.0 Å². The molecule has 4 heteroatoms. The number of carbonyl (C=O) groups excluding carboxylic acids is 1. The van der Waals surface area contributed by atoms with E-state index in [9.17, 15) is 14.7 Å². The van der Waals surface area contributed by atoms with Gasteiger partial charge in [-0.15, -0.1) is 0 Å². The Balaban J connectivity index is 1.83. The van der Waals surface area contributed by atoms with Crippen LogP contribution in [0.5, 0.6) is 0 Å². The second kappa shape index (κ2) is 7.51. The number of nitrogens with zero attached hydrogens (tertiary/aromatic N) is 1. The molecule has 1 amide bonds. The second-order valence-corrected chi connectivity index (χ2v) is 6.58. The molecule has 2 aromatic carbocycles. The Morgan fingerprint density at radius 1 is 1.04 bits per heavy atom. The SMILES string of the molecule is CCC(C(=O)N1C[C@H](C(=O)O)[C@H](c2ccccc2)C1)c1ccccc1. The quantitative estimate of drug-likeness (QED) is 0.908. The number of carboxylic acid groups (broad SMARTS) is 1. The largest absolute Gasteiger partial charge is 0.481 e. The van der Waals surface area contributed by atoms with E-state index in [0.29, 0.717) is 13.0 Å². The lowest BCUT2D eigenvalue weighted by Gasteiger charge is -2.23. The molecule has 0 saturated carbocycles. The zero-order valence-electron chi connectivity index (χ0n) is 14.3. The summed E-state index contributed by atoms with van der Waals surface area (Å²) in [4.78, 5) is 26.5. The summed E-state index contributed by atoms with van der Waals surface area (Å²) < 4.78 is 0. The zero-order chi connectivity index (χ0) is 17.8. The maximum absolute atomic E-state index is 13.1. The van der Waals surface area contributed by atoms with Crippen LogP contribution in [0.1, 0.15) is 36.3 Å². The normalized spacial score (nSPS) is 21.1. The molecule has 1 N–H and O–H groups in total. The van der Waals surface area contributed by atoms with Crippen LogP contribution in [0.3, 0.4) is 0 Å². The highest BCUT2D eigenvalue weighted by molar-refractivity contribution is 5.85. The number of hydrogen-bond acceptors (Lipinski definition) is 2. The van der Waals surface area contributed by atoms with Crippen LogP contribution in [0.4, 0.5) is 0 Å². The van der Waals surface area contributed by atoms with Crippen LogP contribution in [0.15, 0.2) is 60.7 Å². The fourth-order valence-corrected chi connectivity index (χ4v) is 3.73. The maximum atomic E-state index is 13.1. The molecule has 1 heterocycles. The van der Waals surface area contributed by atoms with E-state index in [-0.39, 0.29) is 24.3 Å². The number of rotatable bonds is 5. The molecule has 1 fully saturated rings. The van der Waals surface area contributed by atoms with Crippen molar-refractivity contribution in [2.75, 3.05) is 13.1 Å². The Morgan fingerprint density at radius 3 is 2.20 bits per heavy atom. The lowest BCUT2D eigenvalue weighted by atomic mass is 9.89. The predicted molar refractivity (Wildman–Crippen MR) is 96.4 cm³/mol. The first kappa shape index (κ1) is 17.2. The summed E-state index contributed by atoms with van der Waals surface area (Å²) in [5.41, 5.74) is 1.97. The monoisotopic (exact) mass is 337 g/mol. The van der Waals surface area contributed by atoms with Crippen molar-refractivity contribution in [2.45, 2.75) is 25.2 Å². The summed E-state index contributed by atoms with van der Waals surface area (Å²) >= 11 is 0. The summed E-state index contributed by atoms with van der Waals surface area (Å²) in [6.45, 7) is 2.73. The molecule has 1 saturated heterocycles. The molecule has 3 atom stereocenters.